The van der Waals surface area contributed by atoms with E-state index in [0.717, 1.165) is 6.07 Å². The Bertz CT molecular complexity index is 1280. The van der Waals surface area contributed by atoms with Crippen LogP contribution in [0.25, 0.3) is 11.0 Å². The molecule has 0 radical (unpaired) electrons. The summed E-state index contributed by atoms with van der Waals surface area (Å²) in [5, 5.41) is 2.92. The smallest absolute Gasteiger partial charge is 0.233 e. The Morgan fingerprint density at radius 3 is 2.91 bits per heavy atom. The van der Waals surface area contributed by atoms with E-state index in [0.29, 0.717) is 11.0 Å². The molecule has 1 aliphatic heterocycles. The van der Waals surface area contributed by atoms with Crippen LogP contribution in [0.5, 0.6) is 5.88 Å². The molecule has 3 heterocycles. The number of hydrogen-bond donors (Lipinski definition) is 2. The Morgan fingerprint density at radius 1 is 1.36 bits per heavy atom. The number of ether oxygens (including phenoxy) is 1. The normalized spacial score (nSPS) is 20.2. The van der Waals surface area contributed by atoms with Crippen LogP contribution < -0.4 is 15.8 Å². The summed E-state index contributed by atoms with van der Waals surface area (Å²) in [6.45, 7) is 0.832. The minimum absolute atomic E-state index is 0.0362. The van der Waals surface area contributed by atoms with E-state index < -0.39 is 23.8 Å². The first-order valence-corrected chi connectivity index (χ1v) is 10.8. The van der Waals surface area contributed by atoms with Crippen LogP contribution in [0.4, 0.5) is 24.7 Å². The number of nitrogens with one attached hydrogen (secondary N) is 1. The second kappa shape index (κ2) is 9.15. The summed E-state index contributed by atoms with van der Waals surface area (Å²) < 4.78 is 48.9. The van der Waals surface area contributed by atoms with Crippen molar-refractivity contribution in [2.24, 2.45) is 10.7 Å². The largest absolute Gasteiger partial charge is 0.463 e. The number of halogens is 3. The van der Waals surface area contributed by atoms with Crippen molar-refractivity contribution in [1.29, 1.82) is 0 Å². The molecule has 2 aromatic heterocycles. The van der Waals surface area contributed by atoms with Gasteiger partial charge >= 0.3 is 0 Å². The second-order valence-electron chi connectivity index (χ2n) is 7.42. The highest BCUT2D eigenvalue weighted by Gasteiger charge is 2.41. The number of fused-ring (bicyclic) bond motifs is 1. The van der Waals surface area contributed by atoms with Crippen LogP contribution in [0.3, 0.4) is 0 Å². The average Bonchev–Trinajstić information content (AvgIpc) is 2.79. The number of nitrogens with zero attached hydrogens (tertiary/aromatic N) is 4. The van der Waals surface area contributed by atoms with E-state index in [2.05, 4.69) is 31.2 Å². The maximum Gasteiger partial charge on any atom is 0.233 e. The van der Waals surface area contributed by atoms with Crippen molar-refractivity contribution in [3.05, 3.63) is 47.8 Å². The molecule has 1 aliphatic rings. The molecule has 0 fully saturated rings. The summed E-state index contributed by atoms with van der Waals surface area (Å²) in [5.41, 5.74) is 4.95. The fraction of sp³-hybridized carbons (Fsp3) is 0.273. The molecule has 33 heavy (non-hydrogen) atoms. The quantitative estimate of drug-likeness (QED) is 0.522. The zero-order valence-corrected chi connectivity index (χ0v) is 18.3. The average molecular weight is 472 g/mol. The predicted octanol–water partition coefficient (Wildman–Crippen LogP) is 4.06. The van der Waals surface area contributed by atoms with Crippen molar-refractivity contribution in [2.75, 3.05) is 18.6 Å². The van der Waals surface area contributed by atoms with E-state index in [1.54, 1.807) is 6.07 Å². The van der Waals surface area contributed by atoms with Crippen LogP contribution in [0.2, 0.25) is 0 Å². The molecule has 1 aromatic carbocycles. The summed E-state index contributed by atoms with van der Waals surface area (Å²) in [6, 6.07) is 3.89. The standard InChI is InChI=1S/C22H19F3N6OS/c1-3-6-32-17-10-28-19-16(30-17)4-5-27-20(19)29-13-7-14(18(25)15(24)8-13)22(11-23)9-12(2)33-21(26)31-22/h1,4-5,7-8,10,12H,6,9,11H2,2H3,(H2,26,31)(H,27,29)/t12?,22-/m1/s1. The summed E-state index contributed by atoms with van der Waals surface area (Å²) >= 11 is 1.26. The van der Waals surface area contributed by atoms with Crippen molar-refractivity contribution in [3.8, 4) is 18.2 Å². The lowest BCUT2D eigenvalue weighted by atomic mass is 9.86. The molecule has 0 saturated carbocycles. The second-order valence-corrected chi connectivity index (χ2v) is 8.88. The van der Waals surface area contributed by atoms with Crippen LogP contribution in [-0.4, -0.2) is 38.7 Å². The highest BCUT2D eigenvalue weighted by molar-refractivity contribution is 8.14. The van der Waals surface area contributed by atoms with Crippen LogP contribution in [-0.2, 0) is 5.54 Å². The van der Waals surface area contributed by atoms with Gasteiger partial charge in [0.1, 0.15) is 17.7 Å². The van der Waals surface area contributed by atoms with Gasteiger partial charge in [0.15, 0.2) is 29.2 Å². The monoisotopic (exact) mass is 472 g/mol. The molecule has 0 saturated heterocycles. The molecular formula is C22H19F3N6OS. The first-order chi connectivity index (χ1) is 15.8. The van der Waals surface area contributed by atoms with Gasteiger partial charge in [-0.25, -0.2) is 33.1 Å². The summed E-state index contributed by atoms with van der Waals surface area (Å²) in [6.07, 6.45) is 8.19. The highest BCUT2D eigenvalue weighted by Crippen LogP contribution is 2.42. The number of amidine groups is 1. The molecule has 2 atom stereocenters. The van der Waals surface area contributed by atoms with Crippen molar-refractivity contribution >= 4 is 39.5 Å². The number of terminal acetylenes is 1. The van der Waals surface area contributed by atoms with Gasteiger partial charge in [0.05, 0.1) is 11.7 Å². The molecule has 170 valence electrons. The number of pyridine rings is 1. The summed E-state index contributed by atoms with van der Waals surface area (Å²) in [7, 11) is 0. The molecule has 0 amide bonds. The Kier molecular flexibility index (Phi) is 6.29. The van der Waals surface area contributed by atoms with Gasteiger partial charge in [-0.2, -0.15) is 0 Å². The third-order valence-electron chi connectivity index (χ3n) is 5.03. The zero-order chi connectivity index (χ0) is 23.6. The van der Waals surface area contributed by atoms with Crippen molar-refractivity contribution in [3.63, 3.8) is 0 Å². The van der Waals surface area contributed by atoms with Gasteiger partial charge < -0.3 is 15.8 Å². The SMILES string of the molecule is C#CCOc1cnc2c(Nc3cc(F)c(F)c([C@]4(CF)CC(C)SC(N)=N4)c3)nccc2n1. The minimum atomic E-state index is -1.62. The molecule has 1 unspecified atom stereocenters. The topological polar surface area (TPSA) is 98.3 Å². The van der Waals surface area contributed by atoms with Gasteiger partial charge in [0, 0.05) is 28.8 Å². The number of thioether (sulfide) groups is 1. The van der Waals surface area contributed by atoms with Crippen LogP contribution in [0.15, 0.2) is 35.6 Å². The lowest BCUT2D eigenvalue weighted by Crippen LogP contribution is -2.37. The Labute approximate surface area is 192 Å². The number of nitrogens with two attached hydrogens (primary N) is 1. The van der Waals surface area contributed by atoms with Crippen LogP contribution in [0, 0.1) is 24.0 Å². The van der Waals surface area contributed by atoms with Gasteiger partial charge in [0.25, 0.3) is 0 Å². The van der Waals surface area contributed by atoms with E-state index in [4.69, 9.17) is 16.9 Å². The maximum absolute atomic E-state index is 14.8. The van der Waals surface area contributed by atoms with Gasteiger partial charge in [-0.05, 0) is 18.6 Å². The third kappa shape index (κ3) is 4.52. The fourth-order valence-corrected chi connectivity index (χ4v) is 4.67. The molecule has 3 aromatic rings. The lowest BCUT2D eigenvalue weighted by Gasteiger charge is -2.34. The maximum atomic E-state index is 14.8. The Hall–Kier alpha value is -3.52. The molecule has 3 N–H and O–H groups in total. The molecule has 4 rings (SSSR count). The van der Waals surface area contributed by atoms with E-state index >= 15 is 0 Å². The Morgan fingerprint density at radius 2 is 2.18 bits per heavy atom. The number of alkyl halides is 1. The molecule has 11 heteroatoms. The number of aliphatic imine (C=N–C) groups is 1. The van der Waals surface area contributed by atoms with Crippen molar-refractivity contribution in [1.82, 2.24) is 15.0 Å². The third-order valence-corrected chi connectivity index (χ3v) is 5.93. The minimum Gasteiger partial charge on any atom is -0.463 e. The van der Waals surface area contributed by atoms with E-state index in [1.165, 1.54) is 30.2 Å². The lowest BCUT2D eigenvalue weighted by molar-refractivity contribution is 0.283. The van der Waals surface area contributed by atoms with E-state index in [1.807, 2.05) is 6.92 Å². The Balaban J connectivity index is 1.74. The zero-order valence-electron chi connectivity index (χ0n) is 17.5. The number of hydrogen-bond acceptors (Lipinski definition) is 8. The number of anilines is 2. The fourth-order valence-electron chi connectivity index (χ4n) is 3.67. The molecule has 0 bridgehead atoms. The molecular weight excluding hydrogens is 453 g/mol. The summed E-state index contributed by atoms with van der Waals surface area (Å²) in [5.74, 6) is 0.487. The number of rotatable bonds is 6. The van der Waals surface area contributed by atoms with Gasteiger partial charge in [-0.15, -0.1) is 6.42 Å². The van der Waals surface area contributed by atoms with Gasteiger partial charge in [-0.3, -0.25) is 0 Å². The van der Waals surface area contributed by atoms with Crippen LogP contribution in [0.1, 0.15) is 18.9 Å². The van der Waals surface area contributed by atoms with Gasteiger partial charge in [-0.1, -0.05) is 24.6 Å². The highest BCUT2D eigenvalue weighted by atomic mass is 32.2. The predicted molar refractivity (Wildman–Crippen MR) is 122 cm³/mol. The van der Waals surface area contributed by atoms with Crippen molar-refractivity contribution < 1.29 is 17.9 Å². The number of benzene rings is 1. The first kappa shape index (κ1) is 22.7. The number of aromatic nitrogens is 3. The van der Waals surface area contributed by atoms with E-state index in [9.17, 15) is 13.2 Å². The van der Waals surface area contributed by atoms with Gasteiger partial charge in [0.2, 0.25) is 5.88 Å². The first-order valence-electron chi connectivity index (χ1n) is 9.87. The molecule has 0 aliphatic carbocycles. The van der Waals surface area contributed by atoms with Crippen molar-refractivity contribution in [2.45, 2.75) is 24.1 Å². The molecule has 0 spiro atoms. The van der Waals surface area contributed by atoms with E-state index in [-0.39, 0.29) is 46.4 Å². The summed E-state index contributed by atoms with van der Waals surface area (Å²) in [4.78, 5) is 17.0. The van der Waals surface area contributed by atoms with Crippen LogP contribution >= 0.6 is 11.8 Å². The molecule has 7 nitrogen and oxygen atoms in total.